The molecule has 4 rings (SSSR count). The number of benzene rings is 2. The smallest absolute Gasteiger partial charge is 0.255 e. The van der Waals surface area contributed by atoms with Gasteiger partial charge in [-0.15, -0.1) is 0 Å². The zero-order chi connectivity index (χ0) is 20.9. The molecule has 0 spiro atoms. The SMILES string of the molecule is O=C(Nc1cc(Cl)ccc1N1CCOCC1)c1cccc(NC(=O)C2CCCO2)c1. The summed E-state index contributed by atoms with van der Waals surface area (Å²) in [7, 11) is 0. The molecule has 8 heteroatoms. The molecule has 0 saturated carbocycles. The summed E-state index contributed by atoms with van der Waals surface area (Å²) in [5.74, 6) is -0.463. The number of carbonyl (C=O) groups is 2. The molecule has 2 aromatic carbocycles. The molecule has 30 heavy (non-hydrogen) atoms. The quantitative estimate of drug-likeness (QED) is 0.759. The summed E-state index contributed by atoms with van der Waals surface area (Å²) in [6.07, 6.45) is 1.17. The van der Waals surface area contributed by atoms with E-state index in [9.17, 15) is 9.59 Å². The molecule has 2 aliphatic rings. The fraction of sp³-hybridized carbons (Fsp3) is 0.364. The van der Waals surface area contributed by atoms with Crippen LogP contribution >= 0.6 is 11.6 Å². The van der Waals surface area contributed by atoms with Crippen LogP contribution in [-0.4, -0.2) is 50.8 Å². The van der Waals surface area contributed by atoms with Crippen LogP contribution in [0.2, 0.25) is 5.02 Å². The highest BCUT2D eigenvalue weighted by Crippen LogP contribution is 2.30. The molecule has 2 aliphatic heterocycles. The molecule has 158 valence electrons. The van der Waals surface area contributed by atoms with Crippen LogP contribution in [0.4, 0.5) is 17.1 Å². The Morgan fingerprint density at radius 3 is 2.63 bits per heavy atom. The van der Waals surface area contributed by atoms with E-state index in [1.165, 1.54) is 0 Å². The lowest BCUT2D eigenvalue weighted by atomic mass is 10.1. The van der Waals surface area contributed by atoms with Crippen LogP contribution in [0.3, 0.4) is 0 Å². The molecule has 0 bridgehead atoms. The van der Waals surface area contributed by atoms with E-state index in [4.69, 9.17) is 21.1 Å². The van der Waals surface area contributed by atoms with Crippen molar-refractivity contribution in [1.82, 2.24) is 0 Å². The number of ether oxygens (including phenoxy) is 2. The lowest BCUT2D eigenvalue weighted by molar-refractivity contribution is -0.124. The first-order valence-corrected chi connectivity index (χ1v) is 10.4. The molecule has 2 amide bonds. The van der Waals surface area contributed by atoms with Crippen LogP contribution in [0, 0.1) is 0 Å². The van der Waals surface area contributed by atoms with Crippen molar-refractivity contribution in [2.45, 2.75) is 18.9 Å². The van der Waals surface area contributed by atoms with E-state index in [1.54, 1.807) is 30.3 Å². The van der Waals surface area contributed by atoms with Gasteiger partial charge in [0.1, 0.15) is 6.10 Å². The highest BCUT2D eigenvalue weighted by atomic mass is 35.5. The molecule has 0 aliphatic carbocycles. The first-order chi connectivity index (χ1) is 14.6. The van der Waals surface area contributed by atoms with Crippen molar-refractivity contribution < 1.29 is 19.1 Å². The molecule has 1 unspecified atom stereocenters. The molecule has 1 atom stereocenters. The van der Waals surface area contributed by atoms with Crippen molar-refractivity contribution >= 4 is 40.5 Å². The molecule has 2 heterocycles. The van der Waals surface area contributed by atoms with Crippen molar-refractivity contribution in [1.29, 1.82) is 0 Å². The molecule has 2 N–H and O–H groups in total. The second-order valence-corrected chi connectivity index (χ2v) is 7.72. The molecule has 2 saturated heterocycles. The van der Waals surface area contributed by atoms with Gasteiger partial charge >= 0.3 is 0 Å². The third-order valence-corrected chi connectivity index (χ3v) is 5.41. The minimum Gasteiger partial charge on any atom is -0.378 e. The number of hydrogen-bond donors (Lipinski definition) is 2. The van der Waals surface area contributed by atoms with E-state index in [-0.39, 0.29) is 11.8 Å². The Morgan fingerprint density at radius 1 is 1.03 bits per heavy atom. The average molecular weight is 430 g/mol. The van der Waals surface area contributed by atoms with E-state index >= 15 is 0 Å². The minimum absolute atomic E-state index is 0.186. The van der Waals surface area contributed by atoms with Crippen LogP contribution in [0.1, 0.15) is 23.2 Å². The summed E-state index contributed by atoms with van der Waals surface area (Å²) in [6.45, 7) is 3.38. The fourth-order valence-corrected chi connectivity index (χ4v) is 3.80. The van der Waals surface area contributed by atoms with Crippen molar-refractivity contribution in [3.8, 4) is 0 Å². The third kappa shape index (κ3) is 4.92. The number of amides is 2. The number of carbonyl (C=O) groups excluding carboxylic acids is 2. The normalized spacial score (nSPS) is 18.8. The summed E-state index contributed by atoms with van der Waals surface area (Å²) in [5.41, 5.74) is 2.54. The van der Waals surface area contributed by atoms with Gasteiger partial charge in [-0.05, 0) is 49.2 Å². The number of nitrogens with zero attached hydrogens (tertiary/aromatic N) is 1. The molecular weight excluding hydrogens is 406 g/mol. The topological polar surface area (TPSA) is 79.9 Å². The monoisotopic (exact) mass is 429 g/mol. The number of nitrogens with one attached hydrogen (secondary N) is 2. The highest BCUT2D eigenvalue weighted by molar-refractivity contribution is 6.31. The maximum atomic E-state index is 12.9. The largest absolute Gasteiger partial charge is 0.378 e. The van der Waals surface area contributed by atoms with Gasteiger partial charge in [-0.2, -0.15) is 0 Å². The van der Waals surface area contributed by atoms with Gasteiger partial charge in [0, 0.05) is 36.0 Å². The number of anilines is 3. The first kappa shape index (κ1) is 20.7. The predicted octanol–water partition coefficient (Wildman–Crippen LogP) is 3.55. The Bertz CT molecular complexity index is 924. The van der Waals surface area contributed by atoms with Gasteiger partial charge < -0.3 is 25.0 Å². The molecule has 7 nitrogen and oxygen atoms in total. The maximum Gasteiger partial charge on any atom is 0.255 e. The Morgan fingerprint density at radius 2 is 1.87 bits per heavy atom. The Balaban J connectivity index is 1.49. The zero-order valence-corrected chi connectivity index (χ0v) is 17.3. The number of rotatable bonds is 5. The van der Waals surface area contributed by atoms with Crippen LogP contribution in [0.25, 0.3) is 0 Å². The second kappa shape index (κ2) is 9.47. The van der Waals surface area contributed by atoms with Crippen LogP contribution in [0.5, 0.6) is 0 Å². The van der Waals surface area contributed by atoms with Gasteiger partial charge in [-0.25, -0.2) is 0 Å². The molecule has 2 aromatic rings. The van der Waals surface area contributed by atoms with Crippen molar-refractivity contribution in [2.24, 2.45) is 0 Å². The van der Waals surface area contributed by atoms with Crippen LogP contribution in [-0.2, 0) is 14.3 Å². The van der Waals surface area contributed by atoms with Crippen LogP contribution in [0.15, 0.2) is 42.5 Å². The van der Waals surface area contributed by atoms with Crippen molar-refractivity contribution in [3.05, 3.63) is 53.1 Å². The van der Waals surface area contributed by atoms with E-state index in [2.05, 4.69) is 15.5 Å². The lowest BCUT2D eigenvalue weighted by Gasteiger charge is -2.30. The Kier molecular flexibility index (Phi) is 6.52. The lowest BCUT2D eigenvalue weighted by Crippen LogP contribution is -2.36. The van der Waals surface area contributed by atoms with Gasteiger partial charge in [0.25, 0.3) is 11.8 Å². The zero-order valence-electron chi connectivity index (χ0n) is 16.5. The van der Waals surface area contributed by atoms with E-state index < -0.39 is 6.10 Å². The van der Waals surface area contributed by atoms with Crippen LogP contribution < -0.4 is 15.5 Å². The predicted molar refractivity (Wildman–Crippen MR) is 116 cm³/mol. The fourth-order valence-electron chi connectivity index (χ4n) is 3.63. The van der Waals surface area contributed by atoms with E-state index in [0.717, 1.165) is 25.2 Å². The number of morpholine rings is 1. The molecular formula is C22H24ClN3O4. The standard InChI is InChI=1S/C22H24ClN3O4/c23-16-6-7-19(26-8-11-29-12-9-26)18(14-16)25-21(27)15-3-1-4-17(13-15)24-22(28)20-5-2-10-30-20/h1,3-4,6-7,13-14,20H,2,5,8-12H2,(H,24,28)(H,25,27). The average Bonchev–Trinajstić information content (AvgIpc) is 3.30. The van der Waals surface area contributed by atoms with E-state index in [1.807, 2.05) is 12.1 Å². The summed E-state index contributed by atoms with van der Waals surface area (Å²) >= 11 is 6.18. The Hall–Kier alpha value is -2.61. The third-order valence-electron chi connectivity index (χ3n) is 5.17. The Labute approximate surface area is 180 Å². The minimum atomic E-state index is -0.426. The van der Waals surface area contributed by atoms with Crippen molar-refractivity contribution in [3.63, 3.8) is 0 Å². The summed E-state index contributed by atoms with van der Waals surface area (Å²) in [4.78, 5) is 27.4. The maximum absolute atomic E-state index is 12.9. The number of halogens is 1. The van der Waals surface area contributed by atoms with Crippen molar-refractivity contribution in [2.75, 3.05) is 48.4 Å². The second-order valence-electron chi connectivity index (χ2n) is 7.29. The summed E-state index contributed by atoms with van der Waals surface area (Å²) in [5, 5.41) is 6.33. The highest BCUT2D eigenvalue weighted by Gasteiger charge is 2.24. The molecule has 0 aromatic heterocycles. The van der Waals surface area contributed by atoms with Gasteiger partial charge in [-0.1, -0.05) is 17.7 Å². The summed E-state index contributed by atoms with van der Waals surface area (Å²) in [6, 6.07) is 12.3. The van der Waals surface area contributed by atoms with E-state index in [0.29, 0.717) is 48.2 Å². The first-order valence-electron chi connectivity index (χ1n) is 10.1. The van der Waals surface area contributed by atoms with Gasteiger partial charge in [-0.3, -0.25) is 9.59 Å². The van der Waals surface area contributed by atoms with Gasteiger partial charge in [0.05, 0.1) is 24.6 Å². The summed E-state index contributed by atoms with van der Waals surface area (Å²) < 4.78 is 10.8. The van der Waals surface area contributed by atoms with Gasteiger partial charge in [0.15, 0.2) is 0 Å². The molecule has 2 fully saturated rings. The number of hydrogen-bond acceptors (Lipinski definition) is 5. The molecule has 0 radical (unpaired) electrons. The van der Waals surface area contributed by atoms with Gasteiger partial charge in [0.2, 0.25) is 0 Å².